The number of hydrogen-bond donors (Lipinski definition) is 0. The first-order chi connectivity index (χ1) is 35.2. The maximum Gasteiger partial charge on any atom is 0.0159 e. The smallest absolute Gasteiger partial charge is 0.0159 e. The van der Waals surface area contributed by atoms with E-state index in [-0.39, 0.29) is 10.8 Å². The minimum atomic E-state index is -0.169. The Bertz CT molecular complexity index is 4170. The van der Waals surface area contributed by atoms with E-state index < -0.39 is 0 Å². The summed E-state index contributed by atoms with van der Waals surface area (Å²) in [6, 6.07) is 91.5. The van der Waals surface area contributed by atoms with E-state index in [1.54, 1.807) is 0 Å². The van der Waals surface area contributed by atoms with E-state index >= 15 is 0 Å². The standard InChI is InChI=1S/C72H52/c1-71(2)65-25-15-13-23-57(65)59-37-33-53(43-67(59)71)69-63-41-51(47-29-27-46(28-30-47)45-17-7-5-8-18-45)31-35-55(63)56-36-32-52(62-40-50-22-12-11-21-49(50)39-61(62)48-19-9-6-10-20-48)42-64(56)70(69)54-34-38-60-58-24-14-16-26-66(58)72(3,4)68(60)44-54/h5-44H,1-4H3. The maximum atomic E-state index is 2.54. The molecule has 0 heteroatoms. The van der Waals surface area contributed by atoms with Crippen molar-refractivity contribution in [1.29, 1.82) is 0 Å². The van der Waals surface area contributed by atoms with Gasteiger partial charge < -0.3 is 0 Å². The van der Waals surface area contributed by atoms with Crippen LogP contribution in [0.2, 0.25) is 0 Å². The van der Waals surface area contributed by atoms with Crippen molar-refractivity contribution >= 4 is 32.3 Å². The van der Waals surface area contributed by atoms with Gasteiger partial charge in [-0.1, -0.05) is 234 Å². The lowest BCUT2D eigenvalue weighted by Crippen LogP contribution is -2.15. The molecule has 12 aromatic carbocycles. The fraction of sp³-hybridized carbons (Fsp3) is 0.0833. The van der Waals surface area contributed by atoms with Gasteiger partial charge >= 0.3 is 0 Å². The Labute approximate surface area is 422 Å². The molecule has 12 aromatic rings. The van der Waals surface area contributed by atoms with Gasteiger partial charge in [-0.3, -0.25) is 0 Å². The first-order valence-electron chi connectivity index (χ1n) is 25.5. The van der Waals surface area contributed by atoms with Crippen molar-refractivity contribution in [3.63, 3.8) is 0 Å². The minimum absolute atomic E-state index is 0.166. The van der Waals surface area contributed by atoms with Crippen LogP contribution in [0, 0.1) is 0 Å². The van der Waals surface area contributed by atoms with Gasteiger partial charge in [-0.15, -0.1) is 0 Å². The van der Waals surface area contributed by atoms with E-state index in [9.17, 15) is 0 Å². The van der Waals surface area contributed by atoms with Crippen LogP contribution in [-0.4, -0.2) is 0 Å². The van der Waals surface area contributed by atoms with E-state index in [1.807, 2.05) is 0 Å². The van der Waals surface area contributed by atoms with Crippen LogP contribution in [0.3, 0.4) is 0 Å². The van der Waals surface area contributed by atoms with Crippen LogP contribution in [0.25, 0.3) is 121 Å². The summed E-state index contributed by atoms with van der Waals surface area (Å²) in [5.41, 5.74) is 25.2. The predicted octanol–water partition coefficient (Wildman–Crippen LogP) is 19.8. The van der Waals surface area contributed by atoms with Gasteiger partial charge in [0.2, 0.25) is 0 Å². The fourth-order valence-corrected chi connectivity index (χ4v) is 12.7. The first kappa shape index (κ1) is 42.3. The molecule has 0 amide bonds. The summed E-state index contributed by atoms with van der Waals surface area (Å²) < 4.78 is 0. The van der Waals surface area contributed by atoms with Crippen molar-refractivity contribution in [2.45, 2.75) is 38.5 Å². The van der Waals surface area contributed by atoms with E-state index in [2.05, 4.69) is 270 Å². The lowest BCUT2D eigenvalue weighted by Gasteiger charge is -2.25. The van der Waals surface area contributed by atoms with E-state index in [0.29, 0.717) is 0 Å². The lowest BCUT2D eigenvalue weighted by atomic mass is 9.78. The Morgan fingerprint density at radius 3 is 1.10 bits per heavy atom. The minimum Gasteiger partial charge on any atom is -0.0622 e. The molecule has 0 heterocycles. The van der Waals surface area contributed by atoms with Gasteiger partial charge in [-0.25, -0.2) is 0 Å². The van der Waals surface area contributed by atoms with Crippen molar-refractivity contribution in [2.75, 3.05) is 0 Å². The average molecular weight is 917 g/mol. The van der Waals surface area contributed by atoms with Crippen molar-refractivity contribution in [3.05, 3.63) is 265 Å². The molecule has 0 aliphatic heterocycles. The molecule has 0 bridgehead atoms. The monoisotopic (exact) mass is 916 g/mol. The summed E-state index contributed by atoms with van der Waals surface area (Å²) in [4.78, 5) is 0. The van der Waals surface area contributed by atoms with Gasteiger partial charge in [0.25, 0.3) is 0 Å². The Balaban J connectivity index is 1.09. The summed E-state index contributed by atoms with van der Waals surface area (Å²) in [7, 11) is 0. The second-order valence-corrected chi connectivity index (χ2v) is 21.2. The highest BCUT2D eigenvalue weighted by molar-refractivity contribution is 6.23. The van der Waals surface area contributed by atoms with Gasteiger partial charge in [0.15, 0.2) is 0 Å². The van der Waals surface area contributed by atoms with Crippen LogP contribution in [0.5, 0.6) is 0 Å². The van der Waals surface area contributed by atoms with Crippen LogP contribution in [-0.2, 0) is 10.8 Å². The Hall–Kier alpha value is -8.58. The Morgan fingerprint density at radius 1 is 0.208 bits per heavy atom. The molecule has 0 atom stereocenters. The van der Waals surface area contributed by atoms with E-state index in [1.165, 1.54) is 144 Å². The second kappa shape index (κ2) is 16.0. The molecule has 14 rings (SSSR count). The molecular formula is C72H52. The molecule has 0 saturated carbocycles. The molecule has 0 N–H and O–H groups in total. The van der Waals surface area contributed by atoms with E-state index in [0.717, 1.165) is 0 Å². The number of rotatable bonds is 6. The van der Waals surface area contributed by atoms with Gasteiger partial charge in [-0.2, -0.15) is 0 Å². The van der Waals surface area contributed by atoms with Gasteiger partial charge in [0, 0.05) is 10.8 Å². The zero-order chi connectivity index (χ0) is 48.3. The SMILES string of the molecule is CC1(C)c2ccccc2-c2ccc(-c3c(-c4ccc5c(c4)C(C)(C)c4ccccc4-5)c4cc(-c5cc6ccccc6cc5-c5ccccc5)ccc4c4ccc(-c5ccc(-c6ccccc6)cc5)cc34)cc21. The third kappa shape index (κ3) is 6.45. The molecular weight excluding hydrogens is 865 g/mol. The topological polar surface area (TPSA) is 0 Å². The largest absolute Gasteiger partial charge is 0.0622 e. The van der Waals surface area contributed by atoms with Crippen LogP contribution >= 0.6 is 0 Å². The highest BCUT2D eigenvalue weighted by Crippen LogP contribution is 2.55. The number of benzene rings is 12. The zero-order valence-corrected chi connectivity index (χ0v) is 41.1. The van der Waals surface area contributed by atoms with E-state index in [4.69, 9.17) is 0 Å². The maximum absolute atomic E-state index is 2.54. The normalized spacial score (nSPS) is 13.8. The van der Waals surface area contributed by atoms with Crippen LogP contribution in [0.15, 0.2) is 243 Å². The molecule has 0 radical (unpaired) electrons. The van der Waals surface area contributed by atoms with Crippen molar-refractivity contribution in [3.8, 4) is 89.0 Å². The quantitative estimate of drug-likeness (QED) is 0.146. The third-order valence-electron chi connectivity index (χ3n) is 16.5. The Kier molecular flexibility index (Phi) is 9.39. The molecule has 2 aliphatic carbocycles. The molecule has 340 valence electrons. The summed E-state index contributed by atoms with van der Waals surface area (Å²) in [5.74, 6) is 0. The van der Waals surface area contributed by atoms with Gasteiger partial charge in [0.05, 0.1) is 0 Å². The predicted molar refractivity (Wildman–Crippen MR) is 307 cm³/mol. The molecule has 72 heavy (non-hydrogen) atoms. The Morgan fingerprint density at radius 2 is 0.569 bits per heavy atom. The van der Waals surface area contributed by atoms with Gasteiger partial charge in [0.1, 0.15) is 0 Å². The molecule has 0 fully saturated rings. The molecule has 0 saturated heterocycles. The van der Waals surface area contributed by atoms with Crippen LogP contribution in [0.4, 0.5) is 0 Å². The summed E-state index contributed by atoms with van der Waals surface area (Å²) in [6.45, 7) is 9.61. The third-order valence-corrected chi connectivity index (χ3v) is 16.5. The van der Waals surface area contributed by atoms with Crippen molar-refractivity contribution < 1.29 is 0 Å². The molecule has 0 aromatic heterocycles. The van der Waals surface area contributed by atoms with Gasteiger partial charge in [-0.05, 0) is 180 Å². The van der Waals surface area contributed by atoms with Crippen LogP contribution < -0.4 is 0 Å². The number of fused-ring (bicyclic) bond motifs is 10. The zero-order valence-electron chi connectivity index (χ0n) is 41.1. The van der Waals surface area contributed by atoms with Crippen molar-refractivity contribution in [2.24, 2.45) is 0 Å². The molecule has 0 nitrogen and oxygen atoms in total. The molecule has 0 unspecified atom stereocenters. The highest BCUT2D eigenvalue weighted by Gasteiger charge is 2.37. The van der Waals surface area contributed by atoms with Crippen LogP contribution in [0.1, 0.15) is 49.9 Å². The summed E-state index contributed by atoms with van der Waals surface area (Å²) >= 11 is 0. The molecule has 0 spiro atoms. The highest BCUT2D eigenvalue weighted by atomic mass is 14.4. The lowest BCUT2D eigenvalue weighted by molar-refractivity contribution is 0.660. The van der Waals surface area contributed by atoms with Crippen molar-refractivity contribution in [1.82, 2.24) is 0 Å². The summed E-state index contributed by atoms with van der Waals surface area (Å²) in [6.07, 6.45) is 0. The summed E-state index contributed by atoms with van der Waals surface area (Å²) in [5, 5.41) is 7.47. The first-order valence-corrected chi connectivity index (χ1v) is 25.5. The average Bonchev–Trinajstić information content (AvgIpc) is 3.81. The fourth-order valence-electron chi connectivity index (χ4n) is 12.7. The molecule has 2 aliphatic rings. The second-order valence-electron chi connectivity index (χ2n) is 21.2. The number of hydrogen-bond acceptors (Lipinski definition) is 0.